The molecule has 0 aromatic carbocycles. The van der Waals surface area contributed by atoms with Gasteiger partial charge in [0, 0.05) is 11.4 Å². The van der Waals surface area contributed by atoms with Gasteiger partial charge >= 0.3 is 0 Å². The van der Waals surface area contributed by atoms with Gasteiger partial charge in [-0.3, -0.25) is 4.79 Å². The number of likely N-dealkylation sites (N-methyl/N-ethyl adjacent to an activating group) is 1. The van der Waals surface area contributed by atoms with Crippen molar-refractivity contribution in [1.29, 1.82) is 0 Å². The lowest BCUT2D eigenvalue weighted by molar-refractivity contribution is 0.0945. The van der Waals surface area contributed by atoms with Gasteiger partial charge in [0.1, 0.15) is 4.88 Å². The summed E-state index contributed by atoms with van der Waals surface area (Å²) in [6.07, 6.45) is 0. The first-order valence-corrected chi connectivity index (χ1v) is 8.10. The molecule has 1 N–H and O–H groups in total. The van der Waals surface area contributed by atoms with Crippen LogP contribution in [0.2, 0.25) is 0 Å². The van der Waals surface area contributed by atoms with Crippen molar-refractivity contribution >= 4 is 28.6 Å². The van der Waals surface area contributed by atoms with E-state index in [4.69, 9.17) is 0 Å². The van der Waals surface area contributed by atoms with Gasteiger partial charge in [0.2, 0.25) is 0 Å². The molecule has 0 radical (unpaired) electrons. The Balaban J connectivity index is 2.03. The average molecular weight is 309 g/mol. The highest BCUT2D eigenvalue weighted by molar-refractivity contribution is 7.13. The summed E-state index contributed by atoms with van der Waals surface area (Å²) in [7, 11) is 4.05. The van der Waals surface area contributed by atoms with E-state index in [1.165, 1.54) is 16.2 Å². The summed E-state index contributed by atoms with van der Waals surface area (Å²) in [6.45, 7) is 4.40. The molecule has 4 nitrogen and oxygen atoms in total. The van der Waals surface area contributed by atoms with Crippen LogP contribution in [0.4, 0.5) is 0 Å². The van der Waals surface area contributed by atoms with Crippen molar-refractivity contribution in [2.75, 3.05) is 20.6 Å². The molecule has 0 aliphatic rings. The van der Waals surface area contributed by atoms with E-state index in [0.29, 0.717) is 11.4 Å². The van der Waals surface area contributed by atoms with E-state index >= 15 is 0 Å². The van der Waals surface area contributed by atoms with Crippen LogP contribution in [0.25, 0.3) is 0 Å². The van der Waals surface area contributed by atoms with Gasteiger partial charge in [-0.05, 0) is 39.4 Å². The van der Waals surface area contributed by atoms with Crippen LogP contribution in [0.15, 0.2) is 17.5 Å². The third-order valence-corrected chi connectivity index (χ3v) is 5.11. The molecule has 6 heteroatoms. The highest BCUT2D eigenvalue weighted by atomic mass is 32.1. The standard InChI is InChI=1S/C14H19N3OS2/c1-9-13(20-10(2)16-9)14(18)15-8-11(17(3)4)12-6-5-7-19-12/h5-7,11H,8H2,1-4H3,(H,15,18)/t11-/m0/s1. The number of nitrogens with zero attached hydrogens (tertiary/aromatic N) is 2. The molecule has 20 heavy (non-hydrogen) atoms. The Morgan fingerprint density at radius 1 is 1.45 bits per heavy atom. The van der Waals surface area contributed by atoms with E-state index in [0.717, 1.165) is 10.7 Å². The minimum Gasteiger partial charge on any atom is -0.349 e. The van der Waals surface area contributed by atoms with E-state index in [-0.39, 0.29) is 11.9 Å². The Bertz CT molecular complexity index is 575. The zero-order valence-electron chi connectivity index (χ0n) is 12.1. The largest absolute Gasteiger partial charge is 0.349 e. The molecule has 0 aliphatic heterocycles. The molecular weight excluding hydrogens is 290 g/mol. The van der Waals surface area contributed by atoms with E-state index in [9.17, 15) is 4.79 Å². The number of hydrogen-bond donors (Lipinski definition) is 1. The summed E-state index contributed by atoms with van der Waals surface area (Å²) in [5, 5.41) is 6.01. The second kappa shape index (κ2) is 6.47. The molecular formula is C14H19N3OS2. The number of carbonyl (C=O) groups is 1. The lowest BCUT2D eigenvalue weighted by Gasteiger charge is -2.23. The van der Waals surface area contributed by atoms with Crippen LogP contribution in [0.5, 0.6) is 0 Å². The monoisotopic (exact) mass is 309 g/mol. The zero-order valence-corrected chi connectivity index (χ0v) is 13.8. The first-order valence-electron chi connectivity index (χ1n) is 6.41. The van der Waals surface area contributed by atoms with Crippen molar-refractivity contribution in [2.24, 2.45) is 0 Å². The van der Waals surface area contributed by atoms with Gasteiger partial charge in [-0.25, -0.2) is 4.98 Å². The number of thiazole rings is 1. The van der Waals surface area contributed by atoms with Crippen LogP contribution >= 0.6 is 22.7 Å². The van der Waals surface area contributed by atoms with Crippen molar-refractivity contribution in [1.82, 2.24) is 15.2 Å². The summed E-state index contributed by atoms with van der Waals surface area (Å²) in [5.41, 5.74) is 0.808. The van der Waals surface area contributed by atoms with Crippen LogP contribution < -0.4 is 5.32 Å². The maximum Gasteiger partial charge on any atom is 0.263 e. The van der Waals surface area contributed by atoms with Crippen LogP contribution in [-0.4, -0.2) is 36.4 Å². The maximum absolute atomic E-state index is 12.2. The van der Waals surface area contributed by atoms with Gasteiger partial charge in [-0.1, -0.05) is 6.07 Å². The summed E-state index contributed by atoms with van der Waals surface area (Å²) in [4.78, 5) is 20.6. The minimum atomic E-state index is -0.0310. The summed E-state index contributed by atoms with van der Waals surface area (Å²) in [5.74, 6) is -0.0310. The van der Waals surface area contributed by atoms with Gasteiger partial charge in [0.05, 0.1) is 16.7 Å². The number of carbonyl (C=O) groups excluding carboxylic acids is 1. The Morgan fingerprint density at radius 3 is 2.70 bits per heavy atom. The number of amides is 1. The molecule has 1 atom stereocenters. The van der Waals surface area contributed by atoms with Crippen molar-refractivity contribution in [3.63, 3.8) is 0 Å². The summed E-state index contributed by atoms with van der Waals surface area (Å²) >= 11 is 3.16. The lowest BCUT2D eigenvalue weighted by atomic mass is 10.2. The Hall–Kier alpha value is -1.24. The highest BCUT2D eigenvalue weighted by Crippen LogP contribution is 2.23. The highest BCUT2D eigenvalue weighted by Gasteiger charge is 2.18. The maximum atomic E-state index is 12.2. The smallest absolute Gasteiger partial charge is 0.263 e. The van der Waals surface area contributed by atoms with E-state index in [1.54, 1.807) is 11.3 Å². The third-order valence-electron chi connectivity index (χ3n) is 3.06. The van der Waals surface area contributed by atoms with Crippen LogP contribution in [-0.2, 0) is 0 Å². The second-order valence-electron chi connectivity index (χ2n) is 4.85. The molecule has 0 spiro atoms. The van der Waals surface area contributed by atoms with Gasteiger partial charge in [-0.2, -0.15) is 0 Å². The Labute approximate surface area is 127 Å². The molecule has 0 aliphatic carbocycles. The van der Waals surface area contributed by atoms with Gasteiger partial charge in [0.25, 0.3) is 5.91 Å². The molecule has 0 unspecified atom stereocenters. The topological polar surface area (TPSA) is 45.2 Å². The van der Waals surface area contributed by atoms with E-state index in [1.807, 2.05) is 34.0 Å². The fourth-order valence-corrected chi connectivity index (χ4v) is 3.79. The second-order valence-corrected chi connectivity index (χ2v) is 7.03. The van der Waals surface area contributed by atoms with Crippen molar-refractivity contribution in [3.05, 3.63) is 38.0 Å². The lowest BCUT2D eigenvalue weighted by Crippen LogP contribution is -2.34. The summed E-state index contributed by atoms with van der Waals surface area (Å²) in [6, 6.07) is 4.34. The molecule has 1 amide bonds. The fraction of sp³-hybridized carbons (Fsp3) is 0.429. The molecule has 2 heterocycles. The molecule has 2 rings (SSSR count). The van der Waals surface area contributed by atoms with E-state index < -0.39 is 0 Å². The number of rotatable bonds is 5. The SMILES string of the molecule is Cc1nc(C)c(C(=O)NC[C@@H](c2cccs2)N(C)C)s1. The molecule has 0 saturated heterocycles. The first-order chi connectivity index (χ1) is 9.49. The zero-order chi connectivity index (χ0) is 14.7. The van der Waals surface area contributed by atoms with Crippen molar-refractivity contribution in [3.8, 4) is 0 Å². The number of aromatic nitrogens is 1. The molecule has 0 fully saturated rings. The minimum absolute atomic E-state index is 0.0310. The van der Waals surface area contributed by atoms with Crippen LogP contribution in [0.3, 0.4) is 0 Å². The van der Waals surface area contributed by atoms with Gasteiger partial charge in [0.15, 0.2) is 0 Å². The van der Waals surface area contributed by atoms with E-state index in [2.05, 4.69) is 26.6 Å². The first kappa shape index (κ1) is 15.2. The fourth-order valence-electron chi connectivity index (χ4n) is 2.03. The Kier molecular flexibility index (Phi) is 4.91. The number of thiophene rings is 1. The number of hydrogen-bond acceptors (Lipinski definition) is 5. The molecule has 0 saturated carbocycles. The van der Waals surface area contributed by atoms with Gasteiger partial charge in [-0.15, -0.1) is 22.7 Å². The molecule has 2 aromatic heterocycles. The average Bonchev–Trinajstić information content (AvgIpc) is 2.99. The predicted octanol–water partition coefficient (Wildman–Crippen LogP) is 2.85. The van der Waals surface area contributed by atoms with Crippen molar-refractivity contribution < 1.29 is 4.79 Å². The molecule has 0 bridgehead atoms. The quantitative estimate of drug-likeness (QED) is 0.924. The molecule has 2 aromatic rings. The summed E-state index contributed by atoms with van der Waals surface area (Å²) < 4.78 is 0. The van der Waals surface area contributed by atoms with Gasteiger partial charge < -0.3 is 10.2 Å². The van der Waals surface area contributed by atoms with Crippen LogP contribution in [0.1, 0.15) is 31.3 Å². The number of nitrogens with one attached hydrogen (secondary N) is 1. The van der Waals surface area contributed by atoms with Crippen LogP contribution in [0, 0.1) is 13.8 Å². The predicted molar refractivity (Wildman–Crippen MR) is 84.7 cm³/mol. The molecule has 108 valence electrons. The van der Waals surface area contributed by atoms with Crippen molar-refractivity contribution in [2.45, 2.75) is 19.9 Å². The number of aryl methyl sites for hydroxylation is 2. The normalized spacial score (nSPS) is 12.7. The Morgan fingerprint density at radius 2 is 2.20 bits per heavy atom. The third kappa shape index (κ3) is 3.45.